The Hall–Kier alpha value is -2.91. The van der Waals surface area contributed by atoms with E-state index >= 15 is 0 Å². The van der Waals surface area contributed by atoms with Crippen LogP contribution >= 0.6 is 0 Å². The van der Waals surface area contributed by atoms with Crippen LogP contribution in [0.3, 0.4) is 0 Å². The summed E-state index contributed by atoms with van der Waals surface area (Å²) in [6, 6.07) is -2.59. The van der Waals surface area contributed by atoms with Crippen LogP contribution in [-0.4, -0.2) is 61.4 Å². The van der Waals surface area contributed by atoms with Crippen molar-refractivity contribution in [3.8, 4) is 0 Å². The van der Waals surface area contributed by atoms with E-state index in [-0.39, 0.29) is 11.8 Å². The number of hydrogen-bond donors (Lipinski definition) is 4. The van der Waals surface area contributed by atoms with E-state index in [1.54, 1.807) is 0 Å². The maximum atomic E-state index is 12.6. The molecular formula is C22H36N4O6. The van der Waals surface area contributed by atoms with Crippen LogP contribution in [0.4, 0.5) is 0 Å². The van der Waals surface area contributed by atoms with Gasteiger partial charge < -0.3 is 26.0 Å². The fraction of sp³-hybridized carbons (Fsp3) is 0.682. The van der Waals surface area contributed by atoms with Crippen molar-refractivity contribution in [2.45, 2.75) is 83.8 Å². The van der Waals surface area contributed by atoms with Gasteiger partial charge in [-0.25, -0.2) is 4.79 Å². The number of hydrogen-bond acceptors (Lipinski definition) is 6. The molecule has 4 N–H and O–H groups in total. The topological polar surface area (TPSA) is 143 Å². The van der Waals surface area contributed by atoms with Gasteiger partial charge in [-0.1, -0.05) is 6.08 Å². The molecule has 0 unspecified atom stereocenters. The standard InChI is InChI=1S/C22H36N4O6/c1-14(24-16(3)27)19(28)26-18(21(30)25-15(2)22(31)32-4)12-8-9-13-23-20(29)17-10-6-5-7-11-17/h10,14-15,18H,5-9,11-13H2,1-4H3,(H,23,29)(H,24,27)(H,25,30)(H,26,28)/t14-,15-,18-/m0/s1. The molecule has 10 heteroatoms. The molecule has 0 aromatic carbocycles. The molecule has 0 saturated heterocycles. The second kappa shape index (κ2) is 14.2. The Morgan fingerprint density at radius 1 is 0.969 bits per heavy atom. The fourth-order valence-corrected chi connectivity index (χ4v) is 3.32. The van der Waals surface area contributed by atoms with E-state index in [2.05, 4.69) is 26.0 Å². The molecule has 0 aliphatic heterocycles. The minimum absolute atomic E-state index is 0.0525. The van der Waals surface area contributed by atoms with Crippen molar-refractivity contribution in [3.63, 3.8) is 0 Å². The quantitative estimate of drug-likeness (QED) is 0.250. The molecule has 1 aliphatic rings. The second-order valence-corrected chi connectivity index (χ2v) is 7.96. The normalized spacial score (nSPS) is 15.9. The Kier molecular flexibility index (Phi) is 12.0. The molecule has 0 fully saturated rings. The predicted octanol–water partition coefficient (Wildman–Crippen LogP) is 0.460. The van der Waals surface area contributed by atoms with Crippen LogP contribution in [0.15, 0.2) is 11.6 Å². The molecule has 0 aromatic heterocycles. The highest BCUT2D eigenvalue weighted by Gasteiger charge is 2.26. The highest BCUT2D eigenvalue weighted by atomic mass is 16.5. The highest BCUT2D eigenvalue weighted by Crippen LogP contribution is 2.17. The van der Waals surface area contributed by atoms with E-state index in [9.17, 15) is 24.0 Å². The maximum Gasteiger partial charge on any atom is 0.328 e. The van der Waals surface area contributed by atoms with E-state index in [1.807, 2.05) is 6.08 Å². The molecule has 0 aromatic rings. The number of carbonyl (C=O) groups excluding carboxylic acids is 5. The monoisotopic (exact) mass is 452 g/mol. The van der Waals surface area contributed by atoms with Crippen LogP contribution in [-0.2, 0) is 28.7 Å². The largest absolute Gasteiger partial charge is 0.467 e. The van der Waals surface area contributed by atoms with Crippen molar-refractivity contribution in [3.05, 3.63) is 11.6 Å². The molecule has 0 saturated carbocycles. The zero-order valence-electron chi connectivity index (χ0n) is 19.4. The molecule has 3 atom stereocenters. The third kappa shape index (κ3) is 9.93. The number of esters is 1. The predicted molar refractivity (Wildman–Crippen MR) is 118 cm³/mol. The van der Waals surface area contributed by atoms with Crippen molar-refractivity contribution in [1.29, 1.82) is 0 Å². The molecule has 0 radical (unpaired) electrons. The fourth-order valence-electron chi connectivity index (χ4n) is 3.32. The van der Waals surface area contributed by atoms with Crippen molar-refractivity contribution < 1.29 is 28.7 Å². The van der Waals surface area contributed by atoms with Crippen molar-refractivity contribution in [1.82, 2.24) is 21.3 Å². The first kappa shape index (κ1) is 27.1. The third-order valence-corrected chi connectivity index (χ3v) is 5.15. The lowest BCUT2D eigenvalue weighted by Crippen LogP contribution is -2.54. The van der Waals surface area contributed by atoms with Gasteiger partial charge in [-0.2, -0.15) is 0 Å². The van der Waals surface area contributed by atoms with E-state index in [0.717, 1.165) is 31.3 Å². The number of amides is 4. The van der Waals surface area contributed by atoms with Gasteiger partial charge in [0, 0.05) is 19.0 Å². The van der Waals surface area contributed by atoms with Crippen molar-refractivity contribution >= 4 is 29.6 Å². The number of carbonyl (C=O) groups is 5. The molecule has 0 bridgehead atoms. The number of nitrogens with one attached hydrogen (secondary N) is 4. The molecule has 4 amide bonds. The van der Waals surface area contributed by atoms with Crippen molar-refractivity contribution in [2.75, 3.05) is 13.7 Å². The summed E-state index contributed by atoms with van der Waals surface area (Å²) < 4.78 is 4.61. The van der Waals surface area contributed by atoms with Gasteiger partial charge in [0.25, 0.3) is 0 Å². The summed E-state index contributed by atoms with van der Waals surface area (Å²) in [4.78, 5) is 59.9. The number of unbranched alkanes of at least 4 members (excludes halogenated alkanes) is 1. The van der Waals surface area contributed by atoms with Gasteiger partial charge in [0.05, 0.1) is 7.11 Å². The van der Waals surface area contributed by atoms with Crippen LogP contribution in [0, 0.1) is 0 Å². The number of rotatable bonds is 12. The number of ether oxygens (including phenoxy) is 1. The maximum absolute atomic E-state index is 12.6. The van der Waals surface area contributed by atoms with Gasteiger partial charge in [0.1, 0.15) is 18.1 Å². The highest BCUT2D eigenvalue weighted by molar-refractivity contribution is 5.94. The van der Waals surface area contributed by atoms with Crippen molar-refractivity contribution in [2.24, 2.45) is 0 Å². The van der Waals surface area contributed by atoms with Crippen LogP contribution < -0.4 is 21.3 Å². The second-order valence-electron chi connectivity index (χ2n) is 7.96. The van der Waals surface area contributed by atoms with E-state index in [4.69, 9.17) is 0 Å². The summed E-state index contributed by atoms with van der Waals surface area (Å²) >= 11 is 0. The molecule has 0 heterocycles. The summed E-state index contributed by atoms with van der Waals surface area (Å²) in [6.07, 6.45) is 7.32. The first-order valence-electron chi connectivity index (χ1n) is 11.1. The first-order valence-corrected chi connectivity index (χ1v) is 11.1. The van der Waals surface area contributed by atoms with Gasteiger partial charge in [-0.3, -0.25) is 19.2 Å². The van der Waals surface area contributed by atoms with Gasteiger partial charge in [0.2, 0.25) is 23.6 Å². The SMILES string of the molecule is COC(=O)[C@H](C)NC(=O)[C@H](CCCCNC(=O)C1=CCCCC1)NC(=O)[C@H](C)NC(C)=O. The molecular weight excluding hydrogens is 416 g/mol. The summed E-state index contributed by atoms with van der Waals surface area (Å²) in [5.74, 6) is -2.05. The number of methoxy groups -OCH3 is 1. The van der Waals surface area contributed by atoms with Crippen LogP contribution in [0.5, 0.6) is 0 Å². The minimum Gasteiger partial charge on any atom is -0.467 e. The van der Waals surface area contributed by atoms with E-state index < -0.39 is 35.9 Å². The van der Waals surface area contributed by atoms with Gasteiger partial charge >= 0.3 is 5.97 Å². The van der Waals surface area contributed by atoms with E-state index in [1.165, 1.54) is 27.9 Å². The molecule has 1 rings (SSSR count). The Morgan fingerprint density at radius 2 is 1.69 bits per heavy atom. The number of allylic oxidation sites excluding steroid dienone is 1. The summed E-state index contributed by atoms with van der Waals surface area (Å²) in [7, 11) is 1.22. The summed E-state index contributed by atoms with van der Waals surface area (Å²) in [6.45, 7) is 4.75. The lowest BCUT2D eigenvalue weighted by molar-refractivity contribution is -0.144. The molecule has 1 aliphatic carbocycles. The Bertz CT molecular complexity index is 721. The Balaban J connectivity index is 2.59. The molecule has 180 valence electrons. The van der Waals surface area contributed by atoms with Crippen LogP contribution in [0.25, 0.3) is 0 Å². The molecule has 32 heavy (non-hydrogen) atoms. The first-order chi connectivity index (χ1) is 15.1. The van der Waals surface area contributed by atoms with E-state index in [0.29, 0.717) is 25.8 Å². The average Bonchev–Trinajstić information content (AvgIpc) is 2.77. The minimum atomic E-state index is -0.900. The molecule has 10 nitrogen and oxygen atoms in total. The van der Waals surface area contributed by atoms with Gasteiger partial charge in [0.15, 0.2) is 0 Å². The Labute approximate surface area is 189 Å². The Morgan fingerprint density at radius 3 is 2.28 bits per heavy atom. The smallest absolute Gasteiger partial charge is 0.328 e. The average molecular weight is 453 g/mol. The zero-order valence-corrected chi connectivity index (χ0v) is 19.4. The van der Waals surface area contributed by atoms with Gasteiger partial charge in [-0.05, 0) is 58.8 Å². The lowest BCUT2D eigenvalue weighted by Gasteiger charge is -2.22. The third-order valence-electron chi connectivity index (χ3n) is 5.15. The zero-order chi connectivity index (χ0) is 24.1. The van der Waals surface area contributed by atoms with Crippen LogP contribution in [0.2, 0.25) is 0 Å². The van der Waals surface area contributed by atoms with Gasteiger partial charge in [-0.15, -0.1) is 0 Å². The van der Waals surface area contributed by atoms with Crippen LogP contribution in [0.1, 0.15) is 65.7 Å². The summed E-state index contributed by atoms with van der Waals surface area (Å²) in [5, 5.41) is 10.5. The summed E-state index contributed by atoms with van der Waals surface area (Å²) in [5.41, 5.74) is 0.824. The molecule has 0 spiro atoms. The lowest BCUT2D eigenvalue weighted by atomic mass is 9.99.